The molecule has 0 spiro atoms. The van der Waals surface area contributed by atoms with Crippen LogP contribution in [0.3, 0.4) is 0 Å². The van der Waals surface area contributed by atoms with Gasteiger partial charge in [-0.05, 0) is 30.3 Å². The predicted octanol–water partition coefficient (Wildman–Crippen LogP) is 2.81. The highest BCUT2D eigenvalue weighted by Gasteiger charge is 1.97. The van der Waals surface area contributed by atoms with Crippen LogP contribution in [0.15, 0.2) is 42.7 Å². The topological polar surface area (TPSA) is 22.1 Å². The molecule has 14 heavy (non-hydrogen) atoms. The summed E-state index contributed by atoms with van der Waals surface area (Å²) in [5.74, 6) is 0.621. The number of hydrogen-bond donors (Lipinski definition) is 0. The molecule has 0 aliphatic carbocycles. The molecule has 69 valence electrons. The van der Waals surface area contributed by atoms with E-state index in [4.69, 9.17) is 4.74 Å². The van der Waals surface area contributed by atoms with E-state index in [2.05, 4.69) is 11.1 Å². The highest BCUT2D eigenvalue weighted by atomic mass is 19.1. The van der Waals surface area contributed by atoms with E-state index >= 15 is 0 Å². The lowest BCUT2D eigenvalue weighted by Crippen LogP contribution is -1.85. The Morgan fingerprint density at radius 3 is 2.93 bits per heavy atom. The second kappa shape index (κ2) is 3.87. The Hall–Kier alpha value is -1.90. The van der Waals surface area contributed by atoms with Gasteiger partial charge in [0.1, 0.15) is 17.3 Å². The number of aromatic nitrogens is 1. The van der Waals surface area contributed by atoms with Gasteiger partial charge in [0.2, 0.25) is 0 Å². The van der Waals surface area contributed by atoms with E-state index in [1.165, 1.54) is 12.1 Å². The fourth-order valence-electron chi connectivity index (χ4n) is 1.03. The molecule has 0 saturated heterocycles. The summed E-state index contributed by atoms with van der Waals surface area (Å²) in [5, 5.41) is 0. The van der Waals surface area contributed by atoms with Crippen molar-refractivity contribution in [3.8, 4) is 11.5 Å². The van der Waals surface area contributed by atoms with E-state index in [0.717, 1.165) is 0 Å². The van der Waals surface area contributed by atoms with E-state index in [-0.39, 0.29) is 5.82 Å². The maximum absolute atomic E-state index is 12.7. The SMILES string of the molecule is Fc1c[c]cc(Oc2cccnc2)c1. The Morgan fingerprint density at radius 2 is 2.21 bits per heavy atom. The fraction of sp³-hybridized carbons (Fsp3) is 0. The first-order valence-corrected chi connectivity index (χ1v) is 4.09. The lowest BCUT2D eigenvalue weighted by Gasteiger charge is -2.03. The van der Waals surface area contributed by atoms with Crippen LogP contribution in [0.1, 0.15) is 0 Å². The number of nitrogens with zero attached hydrogens (tertiary/aromatic N) is 1. The van der Waals surface area contributed by atoms with E-state index in [0.29, 0.717) is 11.5 Å². The largest absolute Gasteiger partial charge is 0.456 e. The third-order valence-corrected chi connectivity index (χ3v) is 1.60. The van der Waals surface area contributed by atoms with E-state index in [1.54, 1.807) is 30.6 Å². The van der Waals surface area contributed by atoms with Crippen LogP contribution in [-0.4, -0.2) is 4.98 Å². The molecule has 1 aromatic carbocycles. The molecular formula is C11H7FNO. The van der Waals surface area contributed by atoms with Crippen LogP contribution < -0.4 is 4.74 Å². The molecule has 0 aliphatic heterocycles. The molecule has 2 nitrogen and oxygen atoms in total. The summed E-state index contributed by atoms with van der Waals surface area (Å²) >= 11 is 0. The number of ether oxygens (including phenoxy) is 1. The van der Waals surface area contributed by atoms with Crippen LogP contribution >= 0.6 is 0 Å². The van der Waals surface area contributed by atoms with Gasteiger partial charge in [0.25, 0.3) is 0 Å². The summed E-state index contributed by atoms with van der Waals surface area (Å²) in [5.41, 5.74) is 0. The minimum atomic E-state index is -0.369. The van der Waals surface area contributed by atoms with Crippen molar-refractivity contribution in [2.75, 3.05) is 0 Å². The van der Waals surface area contributed by atoms with Crippen molar-refractivity contribution >= 4 is 0 Å². The standard InChI is InChI=1S/C11H7FNO/c12-9-3-1-4-10(7-9)14-11-5-2-6-13-8-11/h2-8H. The zero-order valence-corrected chi connectivity index (χ0v) is 7.27. The van der Waals surface area contributed by atoms with Crippen LogP contribution in [0.5, 0.6) is 11.5 Å². The molecule has 0 atom stereocenters. The fourth-order valence-corrected chi connectivity index (χ4v) is 1.03. The zero-order chi connectivity index (χ0) is 9.80. The second-order valence-electron chi connectivity index (χ2n) is 2.68. The highest BCUT2D eigenvalue weighted by molar-refractivity contribution is 5.28. The van der Waals surface area contributed by atoms with Crippen LogP contribution in [0.2, 0.25) is 0 Å². The third kappa shape index (κ3) is 2.07. The Bertz CT molecular complexity index is 417. The first kappa shape index (κ1) is 8.69. The predicted molar refractivity (Wildman–Crippen MR) is 49.5 cm³/mol. The molecule has 0 N–H and O–H groups in total. The number of rotatable bonds is 2. The Morgan fingerprint density at radius 1 is 1.29 bits per heavy atom. The van der Waals surface area contributed by atoms with Gasteiger partial charge in [-0.1, -0.05) is 0 Å². The molecule has 1 radical (unpaired) electrons. The first-order chi connectivity index (χ1) is 6.84. The van der Waals surface area contributed by atoms with Crippen molar-refractivity contribution < 1.29 is 9.13 Å². The minimum Gasteiger partial charge on any atom is -0.456 e. The monoisotopic (exact) mass is 188 g/mol. The molecule has 3 heteroatoms. The van der Waals surface area contributed by atoms with Gasteiger partial charge in [0.15, 0.2) is 0 Å². The van der Waals surface area contributed by atoms with Gasteiger partial charge in [-0.15, -0.1) is 0 Å². The van der Waals surface area contributed by atoms with Gasteiger partial charge in [-0.2, -0.15) is 0 Å². The highest BCUT2D eigenvalue weighted by Crippen LogP contribution is 2.19. The summed E-state index contributed by atoms with van der Waals surface area (Å²) in [6.07, 6.45) is 3.20. The van der Waals surface area contributed by atoms with Crippen molar-refractivity contribution in [3.05, 3.63) is 54.6 Å². The average molecular weight is 188 g/mol. The van der Waals surface area contributed by atoms with Crippen molar-refractivity contribution in [1.29, 1.82) is 0 Å². The second-order valence-corrected chi connectivity index (χ2v) is 2.68. The van der Waals surface area contributed by atoms with Gasteiger partial charge in [0, 0.05) is 12.3 Å². The Balaban J connectivity index is 2.19. The minimum absolute atomic E-state index is 0.369. The smallest absolute Gasteiger partial charge is 0.145 e. The van der Waals surface area contributed by atoms with E-state index in [9.17, 15) is 4.39 Å². The molecular weight excluding hydrogens is 181 g/mol. The molecule has 1 heterocycles. The lowest BCUT2D eigenvalue weighted by atomic mass is 10.3. The van der Waals surface area contributed by atoms with Gasteiger partial charge < -0.3 is 4.74 Å². The molecule has 0 bridgehead atoms. The molecule has 0 unspecified atom stereocenters. The Kier molecular flexibility index (Phi) is 2.40. The first-order valence-electron chi connectivity index (χ1n) is 4.09. The number of halogens is 1. The molecule has 0 aliphatic rings. The Labute approximate surface area is 81.0 Å². The van der Waals surface area contributed by atoms with Gasteiger partial charge in [-0.3, -0.25) is 4.98 Å². The third-order valence-electron chi connectivity index (χ3n) is 1.60. The zero-order valence-electron chi connectivity index (χ0n) is 7.27. The summed E-state index contributed by atoms with van der Waals surface area (Å²) in [6, 6.07) is 10.2. The van der Waals surface area contributed by atoms with Crippen molar-refractivity contribution in [2.45, 2.75) is 0 Å². The summed E-state index contributed by atoms with van der Waals surface area (Å²) in [4.78, 5) is 3.87. The molecule has 0 fully saturated rings. The van der Waals surface area contributed by atoms with Crippen molar-refractivity contribution in [1.82, 2.24) is 4.98 Å². The lowest BCUT2D eigenvalue weighted by molar-refractivity contribution is 0.474. The number of pyridine rings is 1. The summed E-state index contributed by atoms with van der Waals surface area (Å²) in [7, 11) is 0. The van der Waals surface area contributed by atoms with Crippen LogP contribution in [-0.2, 0) is 0 Å². The van der Waals surface area contributed by atoms with E-state index in [1.807, 2.05) is 0 Å². The van der Waals surface area contributed by atoms with Crippen LogP contribution in [0, 0.1) is 11.9 Å². The molecule has 0 amide bonds. The van der Waals surface area contributed by atoms with Gasteiger partial charge in [-0.25, -0.2) is 4.39 Å². The molecule has 2 rings (SSSR count). The summed E-state index contributed by atoms with van der Waals surface area (Å²) in [6.45, 7) is 0. The summed E-state index contributed by atoms with van der Waals surface area (Å²) < 4.78 is 18.1. The normalized spacial score (nSPS) is 9.79. The maximum Gasteiger partial charge on any atom is 0.145 e. The number of benzene rings is 1. The van der Waals surface area contributed by atoms with Gasteiger partial charge in [0.05, 0.1) is 6.20 Å². The van der Waals surface area contributed by atoms with Gasteiger partial charge >= 0.3 is 0 Å². The van der Waals surface area contributed by atoms with Crippen LogP contribution in [0.25, 0.3) is 0 Å². The van der Waals surface area contributed by atoms with E-state index < -0.39 is 0 Å². The maximum atomic E-state index is 12.7. The molecule has 1 aromatic heterocycles. The van der Waals surface area contributed by atoms with Crippen molar-refractivity contribution in [2.24, 2.45) is 0 Å². The molecule has 2 aromatic rings. The van der Waals surface area contributed by atoms with Crippen molar-refractivity contribution in [3.63, 3.8) is 0 Å². The van der Waals surface area contributed by atoms with Crippen LogP contribution in [0.4, 0.5) is 4.39 Å². The average Bonchev–Trinajstić information content (AvgIpc) is 2.19. The quantitative estimate of drug-likeness (QED) is 0.722. The number of hydrogen-bond acceptors (Lipinski definition) is 2. The molecule has 0 saturated carbocycles.